The summed E-state index contributed by atoms with van der Waals surface area (Å²) in [5.74, 6) is 0. The van der Waals surface area contributed by atoms with Gasteiger partial charge in [-0.3, -0.25) is 10.1 Å². The number of hydrogen-bond acceptors (Lipinski definition) is 3. The number of hydrogen-bond donors (Lipinski definition) is 0. The van der Waals surface area contributed by atoms with Gasteiger partial charge < -0.3 is 0 Å². The minimum absolute atomic E-state index is 0.00509. The quantitative estimate of drug-likeness (QED) is 0.507. The van der Waals surface area contributed by atoms with E-state index in [0.29, 0.717) is 16.2 Å². The average molecular weight is 311 g/mol. The van der Waals surface area contributed by atoms with Crippen molar-refractivity contribution in [3.8, 4) is 0 Å². The Morgan fingerprint density at radius 3 is 2.59 bits per heavy atom. The first-order valence-corrected chi connectivity index (χ1v) is 7.00. The van der Waals surface area contributed by atoms with Crippen molar-refractivity contribution < 1.29 is 4.92 Å². The van der Waals surface area contributed by atoms with Crippen molar-refractivity contribution in [3.05, 3.63) is 81.0 Å². The molecule has 0 radical (unpaired) electrons. The summed E-state index contributed by atoms with van der Waals surface area (Å²) in [6.07, 6.45) is 3.63. The Morgan fingerprint density at radius 2 is 1.82 bits per heavy atom. The second kappa shape index (κ2) is 5.95. The van der Waals surface area contributed by atoms with Gasteiger partial charge in [0, 0.05) is 16.5 Å². The van der Waals surface area contributed by atoms with Crippen molar-refractivity contribution in [2.45, 2.75) is 0 Å². The monoisotopic (exact) mass is 310 g/mol. The van der Waals surface area contributed by atoms with Gasteiger partial charge in [-0.05, 0) is 23.8 Å². The molecule has 2 aromatic carbocycles. The van der Waals surface area contributed by atoms with Gasteiger partial charge >= 0.3 is 0 Å². The van der Waals surface area contributed by atoms with E-state index in [9.17, 15) is 10.1 Å². The molecule has 4 nitrogen and oxygen atoms in total. The number of fused-ring (bicyclic) bond motifs is 1. The molecule has 3 rings (SSSR count). The molecule has 0 spiro atoms. The Balaban J connectivity index is 2.04. The number of nitro groups is 1. The van der Waals surface area contributed by atoms with E-state index in [4.69, 9.17) is 11.6 Å². The van der Waals surface area contributed by atoms with Crippen LogP contribution >= 0.6 is 11.6 Å². The maximum atomic E-state index is 11.1. The lowest BCUT2D eigenvalue weighted by Crippen LogP contribution is -1.92. The molecular formula is C17H11ClN2O2. The molecule has 0 saturated carbocycles. The van der Waals surface area contributed by atoms with Crippen LogP contribution in [0.1, 0.15) is 11.3 Å². The highest BCUT2D eigenvalue weighted by atomic mass is 35.5. The maximum Gasteiger partial charge on any atom is 0.295 e. The van der Waals surface area contributed by atoms with Gasteiger partial charge in [-0.2, -0.15) is 0 Å². The standard InChI is InChI=1S/C17H11ClN2O2/c18-15-6-2-1-4-12(15)8-10-14-11-9-13-5-3-7-16(20(21)22)17(13)19-14/h1-11H. The molecule has 0 aliphatic heterocycles. The van der Waals surface area contributed by atoms with Crippen molar-refractivity contribution in [1.82, 2.24) is 4.98 Å². The normalized spacial score (nSPS) is 11.1. The number of halogens is 1. The SMILES string of the molecule is O=[N+]([O-])c1cccc2ccc(C=Cc3ccccc3Cl)nc12. The van der Waals surface area contributed by atoms with Gasteiger partial charge in [-0.25, -0.2) is 4.98 Å². The summed E-state index contributed by atoms with van der Waals surface area (Å²) >= 11 is 6.09. The van der Waals surface area contributed by atoms with E-state index in [0.717, 1.165) is 10.9 Å². The highest BCUT2D eigenvalue weighted by Gasteiger charge is 2.12. The summed E-state index contributed by atoms with van der Waals surface area (Å²) < 4.78 is 0. The third-order valence-electron chi connectivity index (χ3n) is 3.26. The molecule has 0 fully saturated rings. The molecule has 0 aliphatic rings. The first kappa shape index (κ1) is 14.2. The fourth-order valence-corrected chi connectivity index (χ4v) is 2.37. The molecule has 0 atom stereocenters. The Bertz CT molecular complexity index is 891. The van der Waals surface area contributed by atoms with Crippen molar-refractivity contribution in [2.24, 2.45) is 0 Å². The van der Waals surface area contributed by atoms with Crippen molar-refractivity contribution in [1.29, 1.82) is 0 Å². The molecule has 0 saturated heterocycles. The second-order valence-electron chi connectivity index (χ2n) is 4.70. The minimum atomic E-state index is -0.420. The van der Waals surface area contributed by atoms with Crippen LogP contribution in [0.15, 0.2) is 54.6 Å². The van der Waals surface area contributed by atoms with Crippen LogP contribution in [-0.2, 0) is 0 Å². The van der Waals surface area contributed by atoms with E-state index < -0.39 is 4.92 Å². The fourth-order valence-electron chi connectivity index (χ4n) is 2.17. The van der Waals surface area contributed by atoms with Crippen molar-refractivity contribution >= 4 is 40.3 Å². The molecule has 3 aromatic rings. The van der Waals surface area contributed by atoms with Gasteiger partial charge in [0.05, 0.1) is 10.6 Å². The number of rotatable bonds is 3. The first-order valence-electron chi connectivity index (χ1n) is 6.62. The summed E-state index contributed by atoms with van der Waals surface area (Å²) in [6, 6.07) is 16.0. The smallest absolute Gasteiger partial charge is 0.258 e. The zero-order valence-electron chi connectivity index (χ0n) is 11.4. The number of nitro benzene ring substituents is 1. The van der Waals surface area contributed by atoms with E-state index >= 15 is 0 Å². The third kappa shape index (κ3) is 2.82. The average Bonchev–Trinajstić information content (AvgIpc) is 2.53. The van der Waals surface area contributed by atoms with Crippen LogP contribution in [-0.4, -0.2) is 9.91 Å². The van der Waals surface area contributed by atoms with E-state index in [-0.39, 0.29) is 5.69 Å². The van der Waals surface area contributed by atoms with Crippen LogP contribution in [0.2, 0.25) is 5.02 Å². The second-order valence-corrected chi connectivity index (χ2v) is 5.10. The zero-order valence-corrected chi connectivity index (χ0v) is 12.2. The van der Waals surface area contributed by atoms with Gasteiger partial charge in [0.15, 0.2) is 0 Å². The summed E-state index contributed by atoms with van der Waals surface area (Å²) in [4.78, 5) is 15.0. The van der Waals surface area contributed by atoms with Crippen molar-refractivity contribution in [2.75, 3.05) is 0 Å². The van der Waals surface area contributed by atoms with Crippen molar-refractivity contribution in [3.63, 3.8) is 0 Å². The molecule has 108 valence electrons. The number of pyridine rings is 1. The van der Waals surface area contributed by atoms with Gasteiger partial charge in [-0.1, -0.05) is 54.1 Å². The Kier molecular flexibility index (Phi) is 3.85. The predicted molar refractivity (Wildman–Crippen MR) is 88.8 cm³/mol. The molecule has 0 aliphatic carbocycles. The molecule has 0 N–H and O–H groups in total. The van der Waals surface area contributed by atoms with Crippen LogP contribution in [0.5, 0.6) is 0 Å². The third-order valence-corrected chi connectivity index (χ3v) is 3.60. The number of para-hydroxylation sites is 1. The van der Waals surface area contributed by atoms with E-state index in [1.54, 1.807) is 24.3 Å². The summed E-state index contributed by atoms with van der Waals surface area (Å²) in [5.41, 5.74) is 1.90. The zero-order chi connectivity index (χ0) is 15.5. The molecule has 1 aromatic heterocycles. The summed E-state index contributed by atoms with van der Waals surface area (Å²) in [6.45, 7) is 0. The van der Waals surface area contributed by atoms with Crippen LogP contribution in [0.25, 0.3) is 23.1 Å². The molecule has 0 bridgehead atoms. The van der Waals surface area contributed by atoms with E-state index in [1.807, 2.05) is 36.4 Å². The number of aromatic nitrogens is 1. The predicted octanol–water partition coefficient (Wildman–Crippen LogP) is 4.97. The summed E-state index contributed by atoms with van der Waals surface area (Å²) in [5, 5.41) is 12.5. The van der Waals surface area contributed by atoms with E-state index in [2.05, 4.69) is 4.98 Å². The van der Waals surface area contributed by atoms with Crippen LogP contribution in [0, 0.1) is 10.1 Å². The van der Waals surface area contributed by atoms with E-state index in [1.165, 1.54) is 6.07 Å². The highest BCUT2D eigenvalue weighted by molar-refractivity contribution is 6.32. The molecule has 5 heteroatoms. The highest BCUT2D eigenvalue weighted by Crippen LogP contribution is 2.24. The topological polar surface area (TPSA) is 56.0 Å². The van der Waals surface area contributed by atoms with Gasteiger partial charge in [0.2, 0.25) is 0 Å². The lowest BCUT2D eigenvalue weighted by atomic mass is 10.1. The molecule has 0 amide bonds. The lowest BCUT2D eigenvalue weighted by Gasteiger charge is -2.01. The maximum absolute atomic E-state index is 11.1. The largest absolute Gasteiger partial charge is 0.295 e. The first-order chi connectivity index (χ1) is 10.6. The van der Waals surface area contributed by atoms with Crippen LogP contribution in [0.3, 0.4) is 0 Å². The number of nitrogens with zero attached hydrogens (tertiary/aromatic N) is 2. The molecular weight excluding hydrogens is 300 g/mol. The Labute approximate surface area is 131 Å². The molecule has 1 heterocycles. The van der Waals surface area contributed by atoms with Crippen LogP contribution in [0.4, 0.5) is 5.69 Å². The Hall–Kier alpha value is -2.72. The Morgan fingerprint density at radius 1 is 1.00 bits per heavy atom. The molecule has 0 unspecified atom stereocenters. The number of benzene rings is 2. The number of non-ortho nitro benzene ring substituents is 1. The minimum Gasteiger partial charge on any atom is -0.258 e. The summed E-state index contributed by atoms with van der Waals surface area (Å²) in [7, 11) is 0. The lowest BCUT2D eigenvalue weighted by molar-refractivity contribution is -0.383. The fraction of sp³-hybridized carbons (Fsp3) is 0. The van der Waals surface area contributed by atoms with Gasteiger partial charge in [0.1, 0.15) is 5.52 Å². The van der Waals surface area contributed by atoms with Gasteiger partial charge in [-0.15, -0.1) is 0 Å². The van der Waals surface area contributed by atoms with Gasteiger partial charge in [0.25, 0.3) is 5.69 Å². The van der Waals surface area contributed by atoms with Crippen LogP contribution < -0.4 is 0 Å². The molecule has 22 heavy (non-hydrogen) atoms.